The molecule has 0 aliphatic carbocycles. The van der Waals surface area contributed by atoms with Crippen molar-refractivity contribution in [1.29, 1.82) is 0 Å². The van der Waals surface area contributed by atoms with E-state index in [4.69, 9.17) is 0 Å². The number of amides is 1. The van der Waals surface area contributed by atoms with Gasteiger partial charge in [-0.05, 0) is 36.1 Å². The van der Waals surface area contributed by atoms with Gasteiger partial charge in [-0.1, -0.05) is 42.5 Å². The van der Waals surface area contributed by atoms with Crippen LogP contribution in [0, 0.1) is 0 Å². The molecule has 0 saturated carbocycles. The van der Waals surface area contributed by atoms with E-state index in [1.54, 1.807) is 20.2 Å². The third-order valence-corrected chi connectivity index (χ3v) is 4.36. The van der Waals surface area contributed by atoms with Gasteiger partial charge in [0.1, 0.15) is 0 Å². The number of alkyl halides is 3. The van der Waals surface area contributed by atoms with Gasteiger partial charge in [0, 0.05) is 20.6 Å². The Balaban J connectivity index is 0.00000480. The monoisotopic (exact) mass is 548 g/mol. The average Bonchev–Trinajstić information content (AvgIpc) is 2.72. The van der Waals surface area contributed by atoms with Crippen LogP contribution in [0.3, 0.4) is 0 Å². The normalized spacial score (nSPS) is 11.5. The summed E-state index contributed by atoms with van der Waals surface area (Å²) in [6.07, 6.45) is -2.67. The summed E-state index contributed by atoms with van der Waals surface area (Å²) >= 11 is 0. The van der Waals surface area contributed by atoms with Crippen LogP contribution in [0.4, 0.5) is 13.2 Å². The second kappa shape index (κ2) is 13.2. The molecule has 0 aromatic heterocycles. The Bertz CT molecular complexity index is 842. The molecule has 2 rings (SSSR count). The maximum absolute atomic E-state index is 12.9. The van der Waals surface area contributed by atoms with Crippen LogP contribution in [0.2, 0.25) is 0 Å². The van der Waals surface area contributed by atoms with Crippen LogP contribution in [0.5, 0.6) is 0 Å². The van der Waals surface area contributed by atoms with Crippen LogP contribution in [0.25, 0.3) is 0 Å². The Morgan fingerprint density at radius 2 is 1.68 bits per heavy atom. The number of likely N-dealkylation sites (N-methyl/N-ethyl adjacent to an activating group) is 1. The maximum Gasteiger partial charge on any atom is 0.416 e. The second-order valence-corrected chi connectivity index (χ2v) is 7.02. The van der Waals surface area contributed by atoms with Crippen LogP contribution >= 0.6 is 24.0 Å². The van der Waals surface area contributed by atoms with Gasteiger partial charge < -0.3 is 15.5 Å². The molecule has 2 aromatic carbocycles. The first-order chi connectivity index (χ1) is 14.3. The Kier molecular flexibility index (Phi) is 11.4. The first-order valence-electron chi connectivity index (χ1n) is 9.68. The number of carbonyl (C=O) groups is 1. The molecule has 0 heterocycles. The molecule has 0 unspecified atom stereocenters. The summed E-state index contributed by atoms with van der Waals surface area (Å²) in [6, 6.07) is 15.1. The van der Waals surface area contributed by atoms with Crippen molar-refractivity contribution in [2.75, 3.05) is 27.2 Å². The molecule has 0 radical (unpaired) electrons. The van der Waals surface area contributed by atoms with E-state index in [0.29, 0.717) is 18.1 Å². The highest BCUT2D eigenvalue weighted by atomic mass is 127. The lowest BCUT2D eigenvalue weighted by molar-refractivity contribution is -0.137. The number of benzene rings is 2. The van der Waals surface area contributed by atoms with Crippen LogP contribution in [-0.2, 0) is 23.9 Å². The average molecular weight is 548 g/mol. The fourth-order valence-electron chi connectivity index (χ4n) is 2.65. The topological polar surface area (TPSA) is 56.7 Å². The summed E-state index contributed by atoms with van der Waals surface area (Å²) in [7, 11) is 3.30. The minimum absolute atomic E-state index is 0. The van der Waals surface area contributed by atoms with Gasteiger partial charge >= 0.3 is 6.18 Å². The molecule has 0 bridgehead atoms. The highest BCUT2D eigenvalue weighted by Gasteiger charge is 2.30. The molecule has 31 heavy (non-hydrogen) atoms. The van der Waals surface area contributed by atoms with E-state index in [9.17, 15) is 18.0 Å². The summed E-state index contributed by atoms with van der Waals surface area (Å²) in [4.78, 5) is 17.6. The van der Waals surface area contributed by atoms with E-state index in [1.165, 1.54) is 16.5 Å². The molecule has 0 atom stereocenters. The molecule has 9 heteroatoms. The van der Waals surface area contributed by atoms with Gasteiger partial charge in [-0.15, -0.1) is 24.0 Å². The molecule has 2 N–H and O–H groups in total. The van der Waals surface area contributed by atoms with E-state index in [2.05, 4.69) is 27.8 Å². The lowest BCUT2D eigenvalue weighted by Crippen LogP contribution is -2.43. The van der Waals surface area contributed by atoms with E-state index in [1.807, 2.05) is 18.2 Å². The predicted molar refractivity (Wildman–Crippen MR) is 127 cm³/mol. The molecule has 0 saturated heterocycles. The molecule has 2 aromatic rings. The van der Waals surface area contributed by atoms with Crippen molar-refractivity contribution < 1.29 is 18.0 Å². The summed E-state index contributed by atoms with van der Waals surface area (Å²) in [5, 5.41) is 6.09. The lowest BCUT2D eigenvalue weighted by Gasteiger charge is -2.15. The van der Waals surface area contributed by atoms with Gasteiger partial charge in [0.15, 0.2) is 5.96 Å². The quantitative estimate of drug-likeness (QED) is 0.226. The molecule has 5 nitrogen and oxygen atoms in total. The number of nitrogens with one attached hydrogen (secondary N) is 2. The van der Waals surface area contributed by atoms with E-state index < -0.39 is 11.7 Å². The third-order valence-electron chi connectivity index (χ3n) is 4.36. The standard InChI is InChI=1S/C22H27F3N4O.HI/c1-29(2)20(30)16-28-21(26-13-7-11-17-8-4-3-5-9-17)27-15-18-10-6-12-19(14-18)22(23,24)25;/h3-6,8-10,12,14H,7,11,13,15-16H2,1-2H3,(H2,26,27,28);1H. The number of carbonyl (C=O) groups excluding carboxylic acids is 1. The van der Waals surface area contributed by atoms with Crippen molar-refractivity contribution in [3.63, 3.8) is 0 Å². The van der Waals surface area contributed by atoms with Crippen molar-refractivity contribution in [3.05, 3.63) is 71.3 Å². The maximum atomic E-state index is 12.9. The first-order valence-corrected chi connectivity index (χ1v) is 9.68. The Hall–Kier alpha value is -2.30. The highest BCUT2D eigenvalue weighted by Crippen LogP contribution is 2.29. The number of hydrogen-bond acceptors (Lipinski definition) is 2. The number of aryl methyl sites for hydroxylation is 1. The van der Waals surface area contributed by atoms with Gasteiger partial charge in [-0.3, -0.25) is 4.79 Å². The third kappa shape index (κ3) is 10.0. The van der Waals surface area contributed by atoms with Crippen molar-refractivity contribution in [2.24, 2.45) is 4.99 Å². The highest BCUT2D eigenvalue weighted by molar-refractivity contribution is 14.0. The van der Waals surface area contributed by atoms with Gasteiger partial charge in [0.2, 0.25) is 5.91 Å². The fraction of sp³-hybridized carbons (Fsp3) is 0.364. The summed E-state index contributed by atoms with van der Waals surface area (Å²) in [5.74, 6) is 0.253. The van der Waals surface area contributed by atoms with Crippen LogP contribution in [0.1, 0.15) is 23.1 Å². The Labute approximate surface area is 198 Å². The molecule has 170 valence electrons. The summed E-state index contributed by atoms with van der Waals surface area (Å²) in [5.41, 5.74) is 0.954. The number of guanidine groups is 1. The predicted octanol–water partition coefficient (Wildman–Crippen LogP) is 4.08. The van der Waals surface area contributed by atoms with Crippen LogP contribution in [-0.4, -0.2) is 44.0 Å². The molecule has 0 aliphatic rings. The van der Waals surface area contributed by atoms with Crippen molar-refractivity contribution in [3.8, 4) is 0 Å². The summed E-state index contributed by atoms with van der Waals surface area (Å²) < 4.78 is 38.7. The zero-order chi connectivity index (χ0) is 22.0. The molecule has 1 amide bonds. The number of hydrogen-bond donors (Lipinski definition) is 2. The number of halogens is 4. The SMILES string of the molecule is CN(C)C(=O)CNC(=NCc1cccc(C(F)(F)F)c1)NCCCc1ccccc1.I. The van der Waals surface area contributed by atoms with Crippen molar-refractivity contribution >= 4 is 35.8 Å². The number of rotatable bonds is 8. The van der Waals surface area contributed by atoms with Gasteiger partial charge in [-0.2, -0.15) is 13.2 Å². The van der Waals surface area contributed by atoms with E-state index >= 15 is 0 Å². The zero-order valence-electron chi connectivity index (χ0n) is 17.6. The minimum atomic E-state index is -4.39. The van der Waals surface area contributed by atoms with Crippen molar-refractivity contribution in [2.45, 2.75) is 25.6 Å². The van der Waals surface area contributed by atoms with Crippen molar-refractivity contribution in [1.82, 2.24) is 15.5 Å². The molecular formula is C22H28F3IN4O. The fourth-order valence-corrected chi connectivity index (χ4v) is 2.65. The zero-order valence-corrected chi connectivity index (χ0v) is 19.9. The summed E-state index contributed by atoms with van der Waals surface area (Å²) in [6.45, 7) is 0.716. The van der Waals surface area contributed by atoms with E-state index in [-0.39, 0.29) is 43.0 Å². The minimum Gasteiger partial charge on any atom is -0.356 e. The largest absolute Gasteiger partial charge is 0.416 e. The lowest BCUT2D eigenvalue weighted by atomic mass is 10.1. The van der Waals surface area contributed by atoms with Gasteiger partial charge in [0.05, 0.1) is 18.7 Å². The molecule has 0 aliphatic heterocycles. The second-order valence-electron chi connectivity index (χ2n) is 7.02. The Morgan fingerprint density at radius 1 is 1.00 bits per heavy atom. The van der Waals surface area contributed by atoms with Crippen LogP contribution < -0.4 is 10.6 Å². The Morgan fingerprint density at radius 3 is 2.32 bits per heavy atom. The first kappa shape index (κ1) is 26.7. The smallest absolute Gasteiger partial charge is 0.356 e. The number of nitrogens with zero attached hydrogens (tertiary/aromatic N) is 2. The van der Waals surface area contributed by atoms with Gasteiger partial charge in [0.25, 0.3) is 0 Å². The molecular weight excluding hydrogens is 520 g/mol. The van der Waals surface area contributed by atoms with Crippen LogP contribution in [0.15, 0.2) is 59.6 Å². The molecule has 0 fully saturated rings. The van der Waals surface area contributed by atoms with Gasteiger partial charge in [-0.25, -0.2) is 4.99 Å². The number of aliphatic imine (C=N–C) groups is 1. The van der Waals surface area contributed by atoms with E-state index in [0.717, 1.165) is 25.0 Å². The molecule has 0 spiro atoms.